The minimum absolute atomic E-state index is 0.648. The molecule has 0 amide bonds. The molecule has 2 aromatic heterocycles. The van der Waals surface area contributed by atoms with Crippen LogP contribution in [0.3, 0.4) is 0 Å². The predicted molar refractivity (Wildman–Crippen MR) is 99.7 cm³/mol. The molecule has 0 aromatic carbocycles. The van der Waals surface area contributed by atoms with Gasteiger partial charge < -0.3 is 4.90 Å². The summed E-state index contributed by atoms with van der Waals surface area (Å²) >= 11 is 0. The Labute approximate surface area is 150 Å². The third kappa shape index (κ3) is 3.82. The summed E-state index contributed by atoms with van der Waals surface area (Å²) in [5.74, 6) is 1.56. The van der Waals surface area contributed by atoms with Crippen molar-refractivity contribution in [2.75, 3.05) is 31.1 Å². The molecule has 0 unspecified atom stereocenters. The van der Waals surface area contributed by atoms with Gasteiger partial charge in [0.1, 0.15) is 0 Å². The third-order valence-corrected chi connectivity index (χ3v) is 5.58. The van der Waals surface area contributed by atoms with Gasteiger partial charge >= 0.3 is 0 Å². The number of hydrogen-bond donors (Lipinski definition) is 0. The third-order valence-electron chi connectivity index (χ3n) is 5.58. The summed E-state index contributed by atoms with van der Waals surface area (Å²) in [7, 11) is 0. The number of anilines is 1. The smallest absolute Gasteiger partial charge is 0.225 e. The van der Waals surface area contributed by atoms with Gasteiger partial charge in [-0.1, -0.05) is 18.9 Å². The van der Waals surface area contributed by atoms with Crippen LogP contribution in [-0.4, -0.2) is 46.0 Å². The molecule has 132 valence electrons. The molecule has 1 aliphatic heterocycles. The maximum Gasteiger partial charge on any atom is 0.225 e. The van der Waals surface area contributed by atoms with E-state index < -0.39 is 0 Å². The van der Waals surface area contributed by atoms with Crippen molar-refractivity contribution in [3.63, 3.8) is 0 Å². The normalized spacial score (nSPS) is 19.5. The minimum atomic E-state index is 0.648. The average Bonchev–Trinajstić information content (AvgIpc) is 3.19. The molecule has 0 N–H and O–H groups in total. The molecule has 5 heteroatoms. The lowest BCUT2D eigenvalue weighted by atomic mass is 10.0. The average molecular weight is 337 g/mol. The first-order valence-electron chi connectivity index (χ1n) is 9.50. The lowest BCUT2D eigenvalue weighted by Gasteiger charge is -2.34. The molecule has 0 bridgehead atoms. The van der Waals surface area contributed by atoms with Crippen molar-refractivity contribution in [1.82, 2.24) is 19.9 Å². The summed E-state index contributed by atoms with van der Waals surface area (Å²) in [4.78, 5) is 18.8. The van der Waals surface area contributed by atoms with E-state index in [9.17, 15) is 0 Å². The number of aryl methyl sites for hydroxylation is 1. The molecule has 0 atom stereocenters. The SMILES string of the molecule is Cc1cccnc1CN1CCN(c2nccc(C3CCCC3)n2)CC1. The van der Waals surface area contributed by atoms with E-state index in [1.165, 1.54) is 42.6 Å². The molecule has 1 saturated heterocycles. The molecule has 0 radical (unpaired) electrons. The first-order chi connectivity index (χ1) is 12.3. The highest BCUT2D eigenvalue weighted by atomic mass is 15.3. The molecule has 2 aromatic rings. The molecule has 2 fully saturated rings. The van der Waals surface area contributed by atoms with Crippen LogP contribution < -0.4 is 4.90 Å². The van der Waals surface area contributed by atoms with E-state index in [-0.39, 0.29) is 0 Å². The zero-order valence-electron chi connectivity index (χ0n) is 15.1. The second kappa shape index (κ2) is 7.48. The summed E-state index contributed by atoms with van der Waals surface area (Å²) < 4.78 is 0. The molecule has 0 spiro atoms. The standard InChI is InChI=1S/C20H27N5/c1-16-5-4-9-21-19(16)15-24-11-13-25(14-12-24)20-22-10-8-18(23-20)17-6-2-3-7-17/h4-5,8-10,17H,2-3,6-7,11-15H2,1H3. The number of hydrogen-bond acceptors (Lipinski definition) is 5. The quantitative estimate of drug-likeness (QED) is 0.857. The van der Waals surface area contributed by atoms with E-state index in [2.05, 4.69) is 38.8 Å². The van der Waals surface area contributed by atoms with Crippen molar-refractivity contribution >= 4 is 5.95 Å². The number of nitrogens with zero attached hydrogens (tertiary/aromatic N) is 5. The molecule has 3 heterocycles. The van der Waals surface area contributed by atoms with Gasteiger partial charge in [-0.15, -0.1) is 0 Å². The van der Waals surface area contributed by atoms with Crippen LogP contribution >= 0.6 is 0 Å². The first kappa shape index (κ1) is 16.5. The van der Waals surface area contributed by atoms with Gasteiger partial charge in [0.2, 0.25) is 5.95 Å². The molecule has 1 aliphatic carbocycles. The monoisotopic (exact) mass is 337 g/mol. The molecule has 5 nitrogen and oxygen atoms in total. The summed E-state index contributed by atoms with van der Waals surface area (Å²) in [5, 5.41) is 0. The number of aromatic nitrogens is 3. The number of rotatable bonds is 4. The zero-order valence-corrected chi connectivity index (χ0v) is 15.1. The molecular formula is C20H27N5. The molecular weight excluding hydrogens is 310 g/mol. The van der Waals surface area contributed by atoms with Gasteiger partial charge in [0.15, 0.2) is 0 Å². The molecule has 2 aliphatic rings. The largest absolute Gasteiger partial charge is 0.338 e. The van der Waals surface area contributed by atoms with E-state index in [4.69, 9.17) is 4.98 Å². The van der Waals surface area contributed by atoms with Crippen LogP contribution in [0.4, 0.5) is 5.95 Å². The van der Waals surface area contributed by atoms with Crippen molar-refractivity contribution < 1.29 is 0 Å². The Morgan fingerprint density at radius 1 is 1.00 bits per heavy atom. The molecule has 4 rings (SSSR count). The van der Waals surface area contributed by atoms with Crippen molar-refractivity contribution in [3.05, 3.63) is 47.5 Å². The van der Waals surface area contributed by atoms with Crippen LogP contribution in [0.1, 0.15) is 48.6 Å². The minimum Gasteiger partial charge on any atom is -0.338 e. The van der Waals surface area contributed by atoms with Gasteiger partial charge in [-0.25, -0.2) is 9.97 Å². The maximum atomic E-state index is 4.89. The lowest BCUT2D eigenvalue weighted by molar-refractivity contribution is 0.245. The van der Waals surface area contributed by atoms with Crippen molar-refractivity contribution in [2.45, 2.75) is 45.1 Å². The second-order valence-corrected chi connectivity index (χ2v) is 7.29. The van der Waals surface area contributed by atoms with E-state index in [1.54, 1.807) is 0 Å². The van der Waals surface area contributed by atoms with Crippen molar-refractivity contribution in [3.8, 4) is 0 Å². The lowest BCUT2D eigenvalue weighted by Crippen LogP contribution is -2.46. The fourth-order valence-corrected chi connectivity index (χ4v) is 3.96. The fourth-order valence-electron chi connectivity index (χ4n) is 3.96. The predicted octanol–water partition coefficient (Wildman–Crippen LogP) is 3.16. The second-order valence-electron chi connectivity index (χ2n) is 7.29. The van der Waals surface area contributed by atoms with Crippen LogP contribution in [0.2, 0.25) is 0 Å². The van der Waals surface area contributed by atoms with E-state index >= 15 is 0 Å². The van der Waals surface area contributed by atoms with Crippen molar-refractivity contribution in [1.29, 1.82) is 0 Å². The number of pyridine rings is 1. The topological polar surface area (TPSA) is 45.2 Å². The summed E-state index contributed by atoms with van der Waals surface area (Å²) in [6, 6.07) is 6.26. The highest BCUT2D eigenvalue weighted by Crippen LogP contribution is 2.33. The molecule has 1 saturated carbocycles. The van der Waals surface area contributed by atoms with Gasteiger partial charge in [0.25, 0.3) is 0 Å². The van der Waals surface area contributed by atoms with Crippen LogP contribution in [0.25, 0.3) is 0 Å². The van der Waals surface area contributed by atoms with Gasteiger partial charge in [-0.2, -0.15) is 0 Å². The highest BCUT2D eigenvalue weighted by molar-refractivity contribution is 5.32. The van der Waals surface area contributed by atoms with E-state index in [0.717, 1.165) is 38.7 Å². The van der Waals surface area contributed by atoms with Crippen LogP contribution in [-0.2, 0) is 6.54 Å². The highest BCUT2D eigenvalue weighted by Gasteiger charge is 2.22. The van der Waals surface area contributed by atoms with Gasteiger partial charge in [-0.05, 0) is 37.5 Å². The Morgan fingerprint density at radius 3 is 2.56 bits per heavy atom. The van der Waals surface area contributed by atoms with Gasteiger partial charge in [0, 0.05) is 56.7 Å². The summed E-state index contributed by atoms with van der Waals surface area (Å²) in [6.45, 7) is 7.12. The Balaban J connectivity index is 1.37. The number of piperazine rings is 1. The Hall–Kier alpha value is -2.01. The summed E-state index contributed by atoms with van der Waals surface area (Å²) in [5.41, 5.74) is 3.71. The Bertz CT molecular complexity index is 703. The fraction of sp³-hybridized carbons (Fsp3) is 0.550. The van der Waals surface area contributed by atoms with E-state index in [0.29, 0.717) is 5.92 Å². The van der Waals surface area contributed by atoms with Gasteiger partial charge in [-0.3, -0.25) is 9.88 Å². The summed E-state index contributed by atoms with van der Waals surface area (Å²) in [6.07, 6.45) is 9.09. The van der Waals surface area contributed by atoms with Crippen molar-refractivity contribution in [2.24, 2.45) is 0 Å². The zero-order chi connectivity index (χ0) is 17.1. The van der Waals surface area contributed by atoms with E-state index in [1.807, 2.05) is 18.5 Å². The van der Waals surface area contributed by atoms with Crippen LogP contribution in [0.15, 0.2) is 30.6 Å². The molecule has 25 heavy (non-hydrogen) atoms. The Morgan fingerprint density at radius 2 is 1.80 bits per heavy atom. The van der Waals surface area contributed by atoms with Gasteiger partial charge in [0.05, 0.1) is 5.69 Å². The maximum absolute atomic E-state index is 4.89. The van der Waals surface area contributed by atoms with Crippen LogP contribution in [0, 0.1) is 6.92 Å². The van der Waals surface area contributed by atoms with Crippen LogP contribution in [0.5, 0.6) is 0 Å². The Kier molecular flexibility index (Phi) is 4.92. The first-order valence-corrected chi connectivity index (χ1v) is 9.50.